The summed E-state index contributed by atoms with van der Waals surface area (Å²) >= 11 is 0. The van der Waals surface area contributed by atoms with Crippen molar-refractivity contribution in [3.63, 3.8) is 0 Å². The van der Waals surface area contributed by atoms with Crippen LogP contribution in [0.25, 0.3) is 0 Å². The zero-order valence-electron chi connectivity index (χ0n) is 9.73. The Balaban J connectivity index is 1.92. The van der Waals surface area contributed by atoms with Crippen LogP contribution < -0.4 is 5.32 Å². The van der Waals surface area contributed by atoms with Gasteiger partial charge in [0.05, 0.1) is 5.69 Å². The first-order valence-electron chi connectivity index (χ1n) is 5.64. The molecule has 17 heavy (non-hydrogen) atoms. The van der Waals surface area contributed by atoms with E-state index in [2.05, 4.69) is 17.2 Å². The van der Waals surface area contributed by atoms with Crippen molar-refractivity contribution < 1.29 is 4.39 Å². The molecule has 0 unspecified atom stereocenters. The maximum absolute atomic E-state index is 12.7. The molecule has 0 aliphatic carbocycles. The Hall–Kier alpha value is -1.74. The van der Waals surface area contributed by atoms with Crippen LogP contribution in [0.3, 0.4) is 0 Å². The van der Waals surface area contributed by atoms with Gasteiger partial charge >= 0.3 is 0 Å². The predicted molar refractivity (Wildman–Crippen MR) is 65.9 cm³/mol. The largest absolute Gasteiger partial charge is 0.305 e. The van der Waals surface area contributed by atoms with E-state index in [1.165, 1.54) is 12.1 Å². The highest BCUT2D eigenvalue weighted by Gasteiger charge is 2.04. The minimum absolute atomic E-state index is 0.182. The molecule has 0 aliphatic rings. The molecule has 0 amide bonds. The summed E-state index contributed by atoms with van der Waals surface area (Å²) in [5.41, 5.74) is 2.07. The van der Waals surface area contributed by atoms with Crippen LogP contribution in [-0.4, -0.2) is 4.98 Å². The number of rotatable bonds is 4. The normalized spacial score (nSPS) is 12.4. The van der Waals surface area contributed by atoms with E-state index in [1.54, 1.807) is 18.3 Å². The molecule has 1 heterocycles. The predicted octanol–water partition coefficient (Wildman–Crippen LogP) is 3.07. The Morgan fingerprint density at radius 1 is 1.18 bits per heavy atom. The molecular formula is C14H15FN2. The maximum atomic E-state index is 12.7. The second-order valence-electron chi connectivity index (χ2n) is 3.98. The van der Waals surface area contributed by atoms with Crippen LogP contribution in [0.15, 0.2) is 48.7 Å². The van der Waals surface area contributed by atoms with Gasteiger partial charge in [-0.3, -0.25) is 4.98 Å². The molecule has 0 radical (unpaired) electrons. The van der Waals surface area contributed by atoms with Crippen molar-refractivity contribution in [1.82, 2.24) is 10.3 Å². The van der Waals surface area contributed by atoms with E-state index in [0.717, 1.165) is 11.3 Å². The van der Waals surface area contributed by atoms with Crippen molar-refractivity contribution in [3.05, 3.63) is 65.7 Å². The molecule has 2 nitrogen and oxygen atoms in total. The van der Waals surface area contributed by atoms with Crippen LogP contribution in [0.4, 0.5) is 4.39 Å². The van der Waals surface area contributed by atoms with E-state index < -0.39 is 0 Å². The van der Waals surface area contributed by atoms with Crippen LogP contribution in [0.1, 0.15) is 24.2 Å². The summed E-state index contributed by atoms with van der Waals surface area (Å²) in [6, 6.07) is 12.6. The summed E-state index contributed by atoms with van der Waals surface area (Å²) < 4.78 is 12.7. The fourth-order valence-electron chi connectivity index (χ4n) is 1.61. The molecule has 1 aromatic carbocycles. The smallest absolute Gasteiger partial charge is 0.123 e. The van der Waals surface area contributed by atoms with Crippen LogP contribution in [0.2, 0.25) is 0 Å². The van der Waals surface area contributed by atoms with Crippen molar-refractivity contribution in [1.29, 1.82) is 0 Å². The second-order valence-corrected chi connectivity index (χ2v) is 3.98. The van der Waals surface area contributed by atoms with Crippen LogP contribution in [0.5, 0.6) is 0 Å². The molecule has 3 heteroatoms. The lowest BCUT2D eigenvalue weighted by atomic mass is 10.2. The highest BCUT2D eigenvalue weighted by Crippen LogP contribution is 2.09. The summed E-state index contributed by atoms with van der Waals surface area (Å²) in [6.07, 6.45) is 1.78. The number of aromatic nitrogens is 1. The highest BCUT2D eigenvalue weighted by molar-refractivity contribution is 5.16. The number of benzene rings is 1. The summed E-state index contributed by atoms with van der Waals surface area (Å²) in [7, 11) is 0. The lowest BCUT2D eigenvalue weighted by molar-refractivity contribution is 0.560. The number of nitrogens with one attached hydrogen (secondary N) is 1. The molecule has 0 spiro atoms. The summed E-state index contributed by atoms with van der Waals surface area (Å²) in [5.74, 6) is -0.202. The minimum atomic E-state index is -0.202. The zero-order valence-corrected chi connectivity index (χ0v) is 9.73. The van der Waals surface area contributed by atoms with Gasteiger partial charge in [0.2, 0.25) is 0 Å². The number of nitrogens with zero attached hydrogens (tertiary/aromatic N) is 1. The molecule has 1 aromatic heterocycles. The number of halogens is 1. The Kier molecular flexibility index (Phi) is 3.83. The molecule has 0 aliphatic heterocycles. The molecule has 1 N–H and O–H groups in total. The van der Waals surface area contributed by atoms with Gasteiger partial charge in [0.15, 0.2) is 0 Å². The fourth-order valence-corrected chi connectivity index (χ4v) is 1.61. The maximum Gasteiger partial charge on any atom is 0.123 e. The SMILES string of the molecule is C[C@@H](NCc1ccc(F)cc1)c1ccccn1. The number of pyridine rings is 1. The van der Waals surface area contributed by atoms with Crippen molar-refractivity contribution in [3.8, 4) is 0 Å². The van der Waals surface area contributed by atoms with E-state index in [9.17, 15) is 4.39 Å². The van der Waals surface area contributed by atoms with Gasteiger partial charge < -0.3 is 5.32 Å². The number of hydrogen-bond donors (Lipinski definition) is 1. The second kappa shape index (κ2) is 5.55. The van der Waals surface area contributed by atoms with Crippen LogP contribution >= 0.6 is 0 Å². The van der Waals surface area contributed by atoms with E-state index in [0.29, 0.717) is 6.54 Å². The lowest BCUT2D eigenvalue weighted by Gasteiger charge is -2.13. The molecule has 1 atom stereocenters. The van der Waals surface area contributed by atoms with Gasteiger partial charge in [-0.05, 0) is 36.8 Å². The van der Waals surface area contributed by atoms with E-state index in [-0.39, 0.29) is 11.9 Å². The molecular weight excluding hydrogens is 215 g/mol. The van der Waals surface area contributed by atoms with Crippen molar-refractivity contribution in [2.45, 2.75) is 19.5 Å². The van der Waals surface area contributed by atoms with E-state index in [4.69, 9.17) is 0 Å². The van der Waals surface area contributed by atoms with Gasteiger partial charge in [0.1, 0.15) is 5.82 Å². The fraction of sp³-hybridized carbons (Fsp3) is 0.214. The topological polar surface area (TPSA) is 24.9 Å². The Bertz CT molecular complexity index is 453. The number of hydrogen-bond acceptors (Lipinski definition) is 2. The van der Waals surface area contributed by atoms with Crippen LogP contribution in [-0.2, 0) is 6.54 Å². The van der Waals surface area contributed by atoms with Gasteiger partial charge in [-0.25, -0.2) is 4.39 Å². The van der Waals surface area contributed by atoms with Gasteiger partial charge in [-0.15, -0.1) is 0 Å². The minimum Gasteiger partial charge on any atom is -0.305 e. The monoisotopic (exact) mass is 230 g/mol. The molecule has 2 aromatic rings. The zero-order chi connectivity index (χ0) is 12.1. The molecule has 2 rings (SSSR count). The summed E-state index contributed by atoms with van der Waals surface area (Å²) in [6.45, 7) is 2.77. The van der Waals surface area contributed by atoms with E-state index in [1.807, 2.05) is 18.2 Å². The summed E-state index contributed by atoms with van der Waals surface area (Å²) in [4.78, 5) is 4.28. The van der Waals surface area contributed by atoms with Gasteiger partial charge in [0, 0.05) is 18.8 Å². The van der Waals surface area contributed by atoms with Crippen molar-refractivity contribution >= 4 is 0 Å². The van der Waals surface area contributed by atoms with Crippen molar-refractivity contribution in [2.75, 3.05) is 0 Å². The third kappa shape index (κ3) is 3.36. The van der Waals surface area contributed by atoms with E-state index >= 15 is 0 Å². The first-order valence-corrected chi connectivity index (χ1v) is 5.64. The third-order valence-corrected chi connectivity index (χ3v) is 2.66. The first-order chi connectivity index (χ1) is 8.25. The highest BCUT2D eigenvalue weighted by atomic mass is 19.1. The van der Waals surface area contributed by atoms with Gasteiger partial charge in [-0.2, -0.15) is 0 Å². The molecule has 0 saturated carbocycles. The van der Waals surface area contributed by atoms with Gasteiger partial charge in [-0.1, -0.05) is 18.2 Å². The third-order valence-electron chi connectivity index (χ3n) is 2.66. The average Bonchev–Trinajstić information content (AvgIpc) is 2.39. The Labute approximate surface area is 101 Å². The van der Waals surface area contributed by atoms with Gasteiger partial charge in [0.25, 0.3) is 0 Å². The first kappa shape index (κ1) is 11.7. The molecule has 0 bridgehead atoms. The Morgan fingerprint density at radius 2 is 1.94 bits per heavy atom. The molecule has 88 valence electrons. The average molecular weight is 230 g/mol. The molecule has 0 saturated heterocycles. The molecule has 0 fully saturated rings. The summed E-state index contributed by atoms with van der Waals surface area (Å²) in [5, 5.41) is 3.35. The standard InChI is InChI=1S/C14H15FN2/c1-11(14-4-2-3-9-16-14)17-10-12-5-7-13(15)8-6-12/h2-9,11,17H,10H2,1H3/t11-/m1/s1. The van der Waals surface area contributed by atoms with Crippen LogP contribution in [0, 0.1) is 5.82 Å². The lowest BCUT2D eigenvalue weighted by Crippen LogP contribution is -2.18. The quantitative estimate of drug-likeness (QED) is 0.873. The Morgan fingerprint density at radius 3 is 2.59 bits per heavy atom. The van der Waals surface area contributed by atoms with Crippen molar-refractivity contribution in [2.24, 2.45) is 0 Å².